The molecule has 12 aromatic rings. The van der Waals surface area contributed by atoms with E-state index >= 15 is 0 Å². The minimum atomic E-state index is -4.51. The Balaban J connectivity index is 0.000000117. The van der Waals surface area contributed by atoms with Crippen LogP contribution >= 0.6 is 0 Å². The molecular weight excluding hydrogens is 1600 g/mol. The van der Waals surface area contributed by atoms with Gasteiger partial charge in [-0.15, -0.1) is 0 Å². The van der Waals surface area contributed by atoms with E-state index in [1.54, 1.807) is 78.5 Å². The van der Waals surface area contributed by atoms with E-state index in [1.807, 2.05) is 116 Å². The lowest BCUT2D eigenvalue weighted by atomic mass is 9.98. The molecule has 13 heterocycles. The lowest BCUT2D eigenvalue weighted by Crippen LogP contribution is -2.47. The number of carbonyl (C=O) groups excluding carboxylic acids is 4. The van der Waals surface area contributed by atoms with Gasteiger partial charge in [0.25, 0.3) is 23.6 Å². The summed E-state index contributed by atoms with van der Waals surface area (Å²) in [7, 11) is 0. The molecule has 8 aliphatic rings. The summed E-state index contributed by atoms with van der Waals surface area (Å²) in [5.74, 6) is 1.79. The van der Waals surface area contributed by atoms with E-state index in [9.17, 15) is 45.5 Å². The Hall–Kier alpha value is -13.6. The van der Waals surface area contributed by atoms with Crippen molar-refractivity contribution in [3.05, 3.63) is 281 Å². The Morgan fingerprint density at radius 3 is 1.19 bits per heavy atom. The highest BCUT2D eigenvalue weighted by molar-refractivity contribution is 6.03. The lowest BCUT2D eigenvalue weighted by molar-refractivity contribution is -0.137. The predicted molar refractivity (Wildman–Crippen MR) is 441 cm³/mol. The average Bonchev–Trinajstić information content (AvgIpc) is 1.51. The summed E-state index contributed by atoms with van der Waals surface area (Å²) in [6.45, 7) is 12.2. The van der Waals surface area contributed by atoms with E-state index in [-0.39, 0.29) is 106 Å². The third-order valence-corrected chi connectivity index (χ3v) is 24.0. The van der Waals surface area contributed by atoms with E-state index in [2.05, 4.69) is 64.8 Å². The molecule has 20 rings (SSSR count). The number of rotatable bonds is 16. The van der Waals surface area contributed by atoms with Crippen molar-refractivity contribution in [2.75, 3.05) is 26.2 Å². The SMILES string of the molecule is Cc1ccc(OC2CC3CC2N(C(=O)c2cccc(C)c2-c2ncc(F)cn2)C3)nc1.Cc1ccc(OC2CC3CC2N(C(=O)c2nc(C)ccc2-c2ncccn2)C3)nc1.Cc1cccc(OC2CC3CC2N(C(=O)c2cccc(F)c2-c2ncccn2)C3)n1.O=C(c1cccc(F)c1-c1ncccn1)N1CC2CC(Oc3cc(C(F)(F)F)ccn3)C1C2. The third kappa shape index (κ3) is 17.7. The van der Waals surface area contributed by atoms with E-state index in [0.717, 1.165) is 104 Å². The molecule has 31 heteroatoms. The number of fused-ring (bicyclic) bond motifs is 8. The normalized spacial score (nSPS) is 22.2. The van der Waals surface area contributed by atoms with E-state index in [0.29, 0.717) is 102 Å². The van der Waals surface area contributed by atoms with Crippen molar-refractivity contribution in [2.24, 2.45) is 23.7 Å². The fraction of sp³-hybridized carbons (Fsp3) is 0.323. The second-order valence-electron chi connectivity index (χ2n) is 32.5. The molecule has 4 saturated carbocycles. The van der Waals surface area contributed by atoms with Gasteiger partial charge in [0.1, 0.15) is 41.7 Å². The van der Waals surface area contributed by atoms with Gasteiger partial charge in [0.15, 0.2) is 29.1 Å². The van der Waals surface area contributed by atoms with Crippen LogP contribution in [-0.2, 0) is 6.18 Å². The second-order valence-corrected chi connectivity index (χ2v) is 32.5. The Morgan fingerprint density at radius 1 is 0.355 bits per heavy atom. The monoisotopic (exact) mass is 1680 g/mol. The number of halogens is 6. The van der Waals surface area contributed by atoms with Crippen LogP contribution in [0.5, 0.6) is 23.5 Å². The number of nitrogens with zero attached hydrogens (tertiary/aromatic N) is 17. The number of hydrogen-bond donors (Lipinski definition) is 0. The van der Waals surface area contributed by atoms with Crippen LogP contribution in [0.25, 0.3) is 45.6 Å². The summed E-state index contributed by atoms with van der Waals surface area (Å²) in [4.78, 5) is 116. The first-order valence-corrected chi connectivity index (χ1v) is 41.2. The van der Waals surface area contributed by atoms with E-state index < -0.39 is 41.2 Å². The quantitative estimate of drug-likeness (QED) is 0.0812. The third-order valence-electron chi connectivity index (χ3n) is 24.0. The van der Waals surface area contributed by atoms with Crippen molar-refractivity contribution >= 4 is 23.6 Å². The summed E-state index contributed by atoms with van der Waals surface area (Å²) < 4.78 is 106. The zero-order chi connectivity index (χ0) is 86.0. The van der Waals surface area contributed by atoms with Crippen molar-refractivity contribution in [1.29, 1.82) is 0 Å². The summed E-state index contributed by atoms with van der Waals surface area (Å²) >= 11 is 0. The van der Waals surface area contributed by atoms with Crippen molar-refractivity contribution in [3.8, 4) is 69.1 Å². The highest BCUT2D eigenvalue weighted by atomic mass is 19.4. The molecule has 8 bridgehead atoms. The number of amides is 4. The van der Waals surface area contributed by atoms with Crippen LogP contribution in [0.1, 0.15) is 127 Å². The molecule has 4 aliphatic carbocycles. The standard InChI is InChI=1S/C24H23FN4O2.C23H18F4N4O2.C23H21FN4O2.C23H23N5O2/c1-14-6-7-21(26-10-14)31-20-9-16-8-19(20)29(13-16)24(30)18-5-3-4-15(2)22(18)23-27-11-17(25)12-28-23;24-16-4-1-3-15(20(16)21-29-6-2-7-30-21)22(32)31-12-13-9-17(31)18(10-13)33-19-11-14(5-8-28-19)23(25,26)27;1-14-5-2-8-20(27-14)30-19-12-15-11-18(19)28(13-15)23(29)16-6-3-7-17(24)21(16)22-25-9-4-10-26-22;1-14-4-7-20(26-12-14)30-19-11-16-10-18(19)28(13-16)23(29)21-17(6-5-15(2)27-21)22-24-8-3-9-25-22/h3-7,10-12,16,19-20H,8-9,13H2,1-2H3;1-8,11,13,17-18H,9-10,12H2;2-10,15,18-19H,11-13H2,1H3;3-9,12,16,18-19H,10-11,13H2,1-2H3. The molecule has 0 spiro atoms. The number of ether oxygens (including phenoxy) is 4. The van der Waals surface area contributed by atoms with Gasteiger partial charge >= 0.3 is 6.18 Å². The molecule has 632 valence electrons. The first-order valence-electron chi connectivity index (χ1n) is 41.2. The molecule has 124 heavy (non-hydrogen) atoms. The van der Waals surface area contributed by atoms with Gasteiger partial charge < -0.3 is 38.5 Å². The van der Waals surface area contributed by atoms with E-state index in [1.165, 1.54) is 36.7 Å². The number of alkyl halides is 3. The molecule has 0 radical (unpaired) electrons. The summed E-state index contributed by atoms with van der Waals surface area (Å²) in [6, 6.07) is 37.8. The van der Waals surface area contributed by atoms with Crippen molar-refractivity contribution in [3.63, 3.8) is 0 Å². The maximum Gasteiger partial charge on any atom is 0.416 e. The van der Waals surface area contributed by atoms with Crippen LogP contribution in [0.15, 0.2) is 208 Å². The Bertz CT molecular complexity index is 5900. The van der Waals surface area contributed by atoms with Crippen LogP contribution in [0.2, 0.25) is 0 Å². The minimum Gasteiger partial charge on any atom is -0.472 e. The van der Waals surface area contributed by atoms with Crippen molar-refractivity contribution in [1.82, 2.24) is 84.4 Å². The molecule has 3 aromatic carbocycles. The fourth-order valence-electron chi connectivity index (χ4n) is 18.4. The van der Waals surface area contributed by atoms with Crippen LogP contribution in [0.4, 0.5) is 26.3 Å². The number of likely N-dealkylation sites (tertiary alicyclic amines) is 4. The minimum absolute atomic E-state index is 0.00287. The maximum atomic E-state index is 14.7. The second kappa shape index (κ2) is 35.5. The Kier molecular flexibility index (Phi) is 23.6. The maximum absolute atomic E-state index is 14.7. The van der Waals surface area contributed by atoms with Gasteiger partial charge in [-0.1, -0.05) is 42.5 Å². The lowest BCUT2D eigenvalue weighted by Gasteiger charge is -2.33. The molecular formula is C93H85F6N17O8. The van der Waals surface area contributed by atoms with Gasteiger partial charge in [-0.2, -0.15) is 13.2 Å². The first kappa shape index (κ1) is 82.7. The predicted octanol–water partition coefficient (Wildman–Crippen LogP) is 15.3. The summed E-state index contributed by atoms with van der Waals surface area (Å²) in [5.41, 5.74) is 6.67. The summed E-state index contributed by atoms with van der Waals surface area (Å²) in [5, 5.41) is 0. The van der Waals surface area contributed by atoms with Crippen LogP contribution in [0.3, 0.4) is 0 Å². The van der Waals surface area contributed by atoms with Crippen LogP contribution < -0.4 is 18.9 Å². The first-order chi connectivity index (χ1) is 60.0. The number of piperidine rings is 4. The zero-order valence-corrected chi connectivity index (χ0v) is 68.2. The molecule has 12 atom stereocenters. The number of aryl methyl sites for hydroxylation is 5. The highest BCUT2D eigenvalue weighted by Crippen LogP contribution is 2.47. The van der Waals surface area contributed by atoms with Gasteiger partial charge in [-0.25, -0.2) is 78.0 Å². The summed E-state index contributed by atoms with van der Waals surface area (Å²) in [6.07, 6.45) is 17.8. The van der Waals surface area contributed by atoms with Gasteiger partial charge in [0, 0.05) is 123 Å². The number of aromatic nitrogens is 13. The van der Waals surface area contributed by atoms with Crippen LogP contribution in [-0.4, -0.2) is 183 Å². The molecule has 9 aromatic heterocycles. The van der Waals surface area contributed by atoms with Gasteiger partial charge in [0.05, 0.1) is 75.5 Å². The highest BCUT2D eigenvalue weighted by Gasteiger charge is 2.53. The molecule has 4 amide bonds. The number of carbonyl (C=O) groups is 4. The number of benzene rings is 3. The van der Waals surface area contributed by atoms with Crippen LogP contribution in [0, 0.1) is 75.7 Å². The number of pyridine rings is 5. The molecule has 4 saturated heterocycles. The van der Waals surface area contributed by atoms with E-state index in [4.69, 9.17) is 18.9 Å². The molecule has 8 fully saturated rings. The van der Waals surface area contributed by atoms with Gasteiger partial charge in [-0.05, 0) is 199 Å². The molecule has 12 unspecified atom stereocenters. The Morgan fingerprint density at radius 2 is 0.758 bits per heavy atom. The topological polar surface area (TPSA) is 286 Å². The molecule has 0 N–H and O–H groups in total. The molecule has 4 aliphatic heterocycles. The average molecular weight is 1680 g/mol. The molecule has 25 nitrogen and oxygen atoms in total. The number of hydrogen-bond acceptors (Lipinski definition) is 21. The Labute approximate surface area is 709 Å². The van der Waals surface area contributed by atoms with Crippen molar-refractivity contribution in [2.45, 2.75) is 141 Å². The largest absolute Gasteiger partial charge is 0.472 e. The van der Waals surface area contributed by atoms with Crippen molar-refractivity contribution < 1.29 is 64.5 Å². The zero-order valence-electron chi connectivity index (χ0n) is 68.2. The van der Waals surface area contributed by atoms with Gasteiger partial charge in [0.2, 0.25) is 23.5 Å². The van der Waals surface area contributed by atoms with Gasteiger partial charge in [-0.3, -0.25) is 19.2 Å². The smallest absolute Gasteiger partial charge is 0.416 e. The fourth-order valence-corrected chi connectivity index (χ4v) is 18.4.